The lowest BCUT2D eigenvalue weighted by Crippen LogP contribution is -2.12. The number of nitrogens with one attached hydrogen (secondary N) is 1. The Hall–Kier alpha value is -1.75. The first kappa shape index (κ1) is 13.7. The lowest BCUT2D eigenvalue weighted by molar-refractivity contribution is 0.463. The molecule has 0 atom stereocenters. The van der Waals surface area contributed by atoms with Gasteiger partial charge in [0.05, 0.1) is 21.1 Å². The second-order valence-electron chi connectivity index (χ2n) is 4.67. The van der Waals surface area contributed by atoms with E-state index in [0.717, 1.165) is 21.1 Å². The summed E-state index contributed by atoms with van der Waals surface area (Å²) in [5.41, 5.74) is 1.67. The molecule has 0 saturated carbocycles. The number of pyridine rings is 1. The van der Waals surface area contributed by atoms with E-state index in [0.29, 0.717) is 12.0 Å². The van der Waals surface area contributed by atoms with Crippen LogP contribution in [0.25, 0.3) is 10.6 Å². The van der Waals surface area contributed by atoms with Gasteiger partial charge in [-0.2, -0.15) is 0 Å². The molecule has 0 saturated heterocycles. The van der Waals surface area contributed by atoms with Crippen molar-refractivity contribution in [2.24, 2.45) is 0 Å². The molecule has 0 spiro atoms. The van der Waals surface area contributed by atoms with Crippen LogP contribution in [0.15, 0.2) is 16.9 Å². The van der Waals surface area contributed by atoms with Crippen LogP contribution in [0.3, 0.4) is 0 Å². The van der Waals surface area contributed by atoms with Crippen LogP contribution in [0, 0.1) is 6.92 Å². The van der Waals surface area contributed by atoms with E-state index < -0.39 is 0 Å². The van der Waals surface area contributed by atoms with E-state index in [9.17, 15) is 9.90 Å². The highest BCUT2D eigenvalue weighted by atomic mass is 32.1. The summed E-state index contributed by atoms with van der Waals surface area (Å²) in [5.74, 6) is 0.112. The van der Waals surface area contributed by atoms with Gasteiger partial charge >= 0.3 is 0 Å². The average Bonchev–Trinajstić information content (AvgIpc) is 2.85. The van der Waals surface area contributed by atoms with Gasteiger partial charge in [0, 0.05) is 19.7 Å². The zero-order chi connectivity index (χ0) is 14.2. The molecule has 0 unspecified atom stereocenters. The van der Waals surface area contributed by atoms with Crippen molar-refractivity contribution in [3.05, 3.63) is 33.6 Å². The molecule has 0 aliphatic rings. The summed E-state index contributed by atoms with van der Waals surface area (Å²) < 4.78 is 0. The summed E-state index contributed by atoms with van der Waals surface area (Å²) in [6.45, 7) is 3.60. The Balaban J connectivity index is 2.64. The molecule has 102 valence electrons. The van der Waals surface area contributed by atoms with Crippen molar-refractivity contribution in [1.29, 1.82) is 0 Å². The fraction of sp³-hybridized carbons (Fsp3) is 0.357. The number of hydrogen-bond acceptors (Lipinski definition) is 4. The highest BCUT2D eigenvalue weighted by molar-refractivity contribution is 7.19. The van der Waals surface area contributed by atoms with E-state index >= 15 is 0 Å². The highest BCUT2D eigenvalue weighted by Crippen LogP contribution is 2.36. The van der Waals surface area contributed by atoms with Crippen molar-refractivity contribution in [2.75, 3.05) is 19.0 Å². The Morgan fingerprint density at radius 2 is 2.05 bits per heavy atom. The highest BCUT2D eigenvalue weighted by Gasteiger charge is 2.16. The molecule has 0 amide bonds. The number of aromatic amines is 1. The predicted octanol–water partition coefficient (Wildman–Crippen LogP) is 2.75. The van der Waals surface area contributed by atoms with Crippen molar-refractivity contribution in [2.45, 2.75) is 20.3 Å². The molecular formula is C14H18N2O2S. The smallest absolute Gasteiger partial charge is 0.255 e. The van der Waals surface area contributed by atoms with Gasteiger partial charge in [0.2, 0.25) is 0 Å². The number of H-pyrrole nitrogens is 1. The minimum absolute atomic E-state index is 0.112. The number of thiophene rings is 1. The maximum absolute atomic E-state index is 11.8. The van der Waals surface area contributed by atoms with Gasteiger partial charge in [-0.05, 0) is 25.5 Å². The first-order chi connectivity index (χ1) is 8.95. The minimum Gasteiger partial charge on any atom is -0.507 e. The molecular weight excluding hydrogens is 260 g/mol. The van der Waals surface area contributed by atoms with Gasteiger partial charge in [-0.3, -0.25) is 4.79 Å². The second kappa shape index (κ2) is 5.09. The van der Waals surface area contributed by atoms with Crippen LogP contribution < -0.4 is 10.5 Å². The fourth-order valence-corrected chi connectivity index (χ4v) is 2.95. The Labute approximate surface area is 116 Å². The number of aromatic hydroxyl groups is 1. The van der Waals surface area contributed by atoms with Gasteiger partial charge < -0.3 is 15.0 Å². The molecule has 0 bridgehead atoms. The molecule has 0 radical (unpaired) electrons. The maximum Gasteiger partial charge on any atom is 0.255 e. The molecule has 2 N–H and O–H groups in total. The van der Waals surface area contributed by atoms with Crippen LogP contribution in [0.4, 0.5) is 5.00 Å². The van der Waals surface area contributed by atoms with E-state index in [1.54, 1.807) is 18.3 Å². The van der Waals surface area contributed by atoms with E-state index in [4.69, 9.17) is 0 Å². The standard InChI is InChI=1S/C14H18N2O2S/c1-5-9-12(15-14(18)8(2)13(9)17)10-6-7-11(19-10)16(3)4/h6-7H,5H2,1-4H3,(H2,15,17,18). The van der Waals surface area contributed by atoms with Crippen molar-refractivity contribution >= 4 is 16.3 Å². The Kier molecular flexibility index (Phi) is 3.66. The maximum atomic E-state index is 11.8. The predicted molar refractivity (Wildman–Crippen MR) is 80.5 cm³/mol. The van der Waals surface area contributed by atoms with Crippen molar-refractivity contribution < 1.29 is 5.11 Å². The normalized spacial score (nSPS) is 10.7. The third kappa shape index (κ3) is 2.38. The number of hydrogen-bond donors (Lipinski definition) is 2. The molecule has 0 aliphatic carbocycles. The van der Waals surface area contributed by atoms with Gasteiger partial charge in [-0.1, -0.05) is 6.92 Å². The van der Waals surface area contributed by atoms with Gasteiger partial charge in [-0.15, -0.1) is 11.3 Å². The quantitative estimate of drug-likeness (QED) is 0.907. The first-order valence-corrected chi connectivity index (χ1v) is 6.99. The second-order valence-corrected chi connectivity index (χ2v) is 5.73. The summed E-state index contributed by atoms with van der Waals surface area (Å²) in [6, 6.07) is 3.98. The third-order valence-electron chi connectivity index (χ3n) is 3.15. The Morgan fingerprint density at radius 1 is 1.37 bits per heavy atom. The molecule has 2 heterocycles. The molecule has 5 heteroatoms. The van der Waals surface area contributed by atoms with E-state index in [-0.39, 0.29) is 11.3 Å². The topological polar surface area (TPSA) is 56.3 Å². The summed E-state index contributed by atoms with van der Waals surface area (Å²) in [6.07, 6.45) is 0.675. The van der Waals surface area contributed by atoms with Gasteiger partial charge in [0.1, 0.15) is 5.75 Å². The summed E-state index contributed by atoms with van der Waals surface area (Å²) in [5, 5.41) is 11.2. The van der Waals surface area contributed by atoms with E-state index in [1.807, 2.05) is 38.1 Å². The summed E-state index contributed by atoms with van der Waals surface area (Å²) in [7, 11) is 3.96. The summed E-state index contributed by atoms with van der Waals surface area (Å²) in [4.78, 5) is 17.7. The molecule has 4 nitrogen and oxygen atoms in total. The Bertz CT molecular complexity index is 656. The minimum atomic E-state index is -0.232. The number of nitrogens with zero attached hydrogens (tertiary/aromatic N) is 1. The van der Waals surface area contributed by atoms with Crippen LogP contribution in [-0.4, -0.2) is 24.2 Å². The number of anilines is 1. The van der Waals surface area contributed by atoms with Gasteiger partial charge in [0.25, 0.3) is 5.56 Å². The van der Waals surface area contributed by atoms with Gasteiger partial charge in [0.15, 0.2) is 0 Å². The largest absolute Gasteiger partial charge is 0.507 e. The average molecular weight is 278 g/mol. The lowest BCUT2D eigenvalue weighted by atomic mass is 10.1. The van der Waals surface area contributed by atoms with Crippen molar-refractivity contribution in [1.82, 2.24) is 4.98 Å². The molecule has 2 aromatic rings. The first-order valence-electron chi connectivity index (χ1n) is 6.18. The SMILES string of the molecule is CCc1c(-c2ccc(N(C)C)s2)[nH]c(=O)c(C)c1O. The third-order valence-corrected chi connectivity index (χ3v) is 4.42. The zero-order valence-corrected chi connectivity index (χ0v) is 12.4. The lowest BCUT2D eigenvalue weighted by Gasteiger charge is -2.11. The molecule has 0 aromatic carbocycles. The molecule has 0 fully saturated rings. The van der Waals surface area contributed by atoms with Crippen molar-refractivity contribution in [3.63, 3.8) is 0 Å². The van der Waals surface area contributed by atoms with Crippen molar-refractivity contribution in [3.8, 4) is 16.3 Å². The van der Waals surface area contributed by atoms with E-state index in [2.05, 4.69) is 4.98 Å². The van der Waals surface area contributed by atoms with Crippen LogP contribution >= 0.6 is 11.3 Å². The molecule has 2 rings (SSSR count). The molecule has 19 heavy (non-hydrogen) atoms. The number of rotatable bonds is 3. The molecule has 2 aromatic heterocycles. The van der Waals surface area contributed by atoms with Crippen LogP contribution in [-0.2, 0) is 6.42 Å². The fourth-order valence-electron chi connectivity index (χ4n) is 1.99. The summed E-state index contributed by atoms with van der Waals surface area (Å²) >= 11 is 1.59. The zero-order valence-electron chi connectivity index (χ0n) is 11.6. The van der Waals surface area contributed by atoms with E-state index in [1.165, 1.54) is 0 Å². The van der Waals surface area contributed by atoms with Gasteiger partial charge in [-0.25, -0.2) is 0 Å². The number of aromatic nitrogens is 1. The van der Waals surface area contributed by atoms with Crippen LogP contribution in [0.5, 0.6) is 5.75 Å². The Morgan fingerprint density at radius 3 is 2.58 bits per heavy atom. The molecule has 0 aliphatic heterocycles. The van der Waals surface area contributed by atoms with Crippen LogP contribution in [0.2, 0.25) is 0 Å². The monoisotopic (exact) mass is 278 g/mol. The van der Waals surface area contributed by atoms with Crippen LogP contribution in [0.1, 0.15) is 18.1 Å².